The third-order valence-electron chi connectivity index (χ3n) is 3.30. The van der Waals surface area contributed by atoms with E-state index in [1.165, 1.54) is 5.56 Å². The Bertz CT molecular complexity index is 951. The Morgan fingerprint density at radius 1 is 1.13 bits per heavy atom. The van der Waals surface area contributed by atoms with Gasteiger partial charge in [-0.2, -0.15) is 15.6 Å². The summed E-state index contributed by atoms with van der Waals surface area (Å²) in [6.07, 6.45) is 0. The quantitative estimate of drug-likeness (QED) is 0.572. The average molecular weight is 300 g/mol. The summed E-state index contributed by atoms with van der Waals surface area (Å²) in [6.45, 7) is 2.04. The minimum absolute atomic E-state index is 0.221. The zero-order chi connectivity index (χ0) is 16.2. The van der Waals surface area contributed by atoms with Gasteiger partial charge in [-0.3, -0.25) is 5.43 Å². The second-order valence-corrected chi connectivity index (χ2v) is 4.98. The van der Waals surface area contributed by atoms with E-state index in [1.807, 2.05) is 43.3 Å². The molecule has 1 aromatic heterocycles. The number of hydrogen-bond acceptors (Lipinski definition) is 5. The van der Waals surface area contributed by atoms with E-state index in [0.29, 0.717) is 5.69 Å². The molecule has 0 bridgehead atoms. The molecule has 0 fully saturated rings. The Morgan fingerprint density at radius 3 is 2.57 bits per heavy atom. The normalized spacial score (nSPS) is 9.87. The maximum atomic E-state index is 8.63. The number of fused-ring (bicyclic) bond motifs is 1. The summed E-state index contributed by atoms with van der Waals surface area (Å²) in [5.74, 6) is 0.787. The van der Waals surface area contributed by atoms with Crippen LogP contribution in [0.2, 0.25) is 0 Å². The van der Waals surface area contributed by atoms with Crippen LogP contribution in [0.15, 0.2) is 47.6 Å². The van der Waals surface area contributed by atoms with E-state index in [4.69, 9.17) is 10.5 Å². The molecule has 2 N–H and O–H groups in total. The lowest BCUT2D eigenvalue weighted by Gasteiger charge is -2.01. The van der Waals surface area contributed by atoms with Crippen molar-refractivity contribution >= 4 is 22.4 Å². The molecule has 0 atom stereocenters. The van der Waals surface area contributed by atoms with Gasteiger partial charge in [0.2, 0.25) is 5.71 Å². The van der Waals surface area contributed by atoms with Crippen molar-refractivity contribution in [1.82, 2.24) is 9.97 Å². The van der Waals surface area contributed by atoms with Crippen molar-refractivity contribution in [1.29, 1.82) is 10.5 Å². The van der Waals surface area contributed by atoms with E-state index in [0.717, 1.165) is 22.4 Å². The molecule has 0 aliphatic rings. The molecule has 0 saturated carbocycles. The maximum Gasteiger partial charge on any atom is 0.237 e. The van der Waals surface area contributed by atoms with E-state index in [2.05, 4.69) is 26.6 Å². The van der Waals surface area contributed by atoms with Gasteiger partial charge < -0.3 is 4.98 Å². The number of hydrazone groups is 1. The van der Waals surface area contributed by atoms with Crippen LogP contribution >= 0.6 is 0 Å². The molecule has 2 aromatic carbocycles. The van der Waals surface area contributed by atoms with Gasteiger partial charge in [-0.1, -0.05) is 6.07 Å². The third-order valence-corrected chi connectivity index (χ3v) is 3.30. The number of rotatable bonds is 3. The van der Waals surface area contributed by atoms with Crippen LogP contribution in [0.4, 0.5) is 5.69 Å². The lowest BCUT2D eigenvalue weighted by molar-refractivity contribution is 1.31. The number of nitrogens with zero attached hydrogens (tertiary/aromatic N) is 4. The van der Waals surface area contributed by atoms with Gasteiger partial charge in [-0.05, 0) is 48.9 Å². The van der Waals surface area contributed by atoms with Crippen molar-refractivity contribution in [3.05, 3.63) is 48.0 Å². The SMILES string of the molecule is Cc1ccc2nc(-c3ccc(NN=C(C#N)C#N)cc3)[nH]c2c1. The summed E-state index contributed by atoms with van der Waals surface area (Å²) >= 11 is 0. The van der Waals surface area contributed by atoms with Crippen molar-refractivity contribution in [2.24, 2.45) is 5.10 Å². The lowest BCUT2D eigenvalue weighted by Crippen LogP contribution is -1.96. The summed E-state index contributed by atoms with van der Waals surface area (Å²) < 4.78 is 0. The second kappa shape index (κ2) is 6.00. The van der Waals surface area contributed by atoms with Gasteiger partial charge in [-0.15, -0.1) is 0 Å². The third kappa shape index (κ3) is 3.02. The van der Waals surface area contributed by atoms with Crippen LogP contribution in [0.25, 0.3) is 22.4 Å². The summed E-state index contributed by atoms with van der Waals surface area (Å²) in [5.41, 5.74) is 7.17. The number of imidazole rings is 1. The first-order valence-corrected chi connectivity index (χ1v) is 6.90. The Labute approximate surface area is 132 Å². The van der Waals surface area contributed by atoms with Crippen molar-refractivity contribution < 1.29 is 0 Å². The van der Waals surface area contributed by atoms with Gasteiger partial charge >= 0.3 is 0 Å². The van der Waals surface area contributed by atoms with Crippen molar-refractivity contribution in [2.75, 3.05) is 5.43 Å². The summed E-state index contributed by atoms with van der Waals surface area (Å²) in [6, 6.07) is 16.8. The first-order chi connectivity index (χ1) is 11.2. The van der Waals surface area contributed by atoms with Crippen LogP contribution in [-0.4, -0.2) is 15.7 Å². The van der Waals surface area contributed by atoms with Gasteiger partial charge in [0.1, 0.15) is 18.0 Å². The van der Waals surface area contributed by atoms with E-state index in [-0.39, 0.29) is 5.71 Å². The van der Waals surface area contributed by atoms with Crippen molar-refractivity contribution in [3.63, 3.8) is 0 Å². The molecule has 110 valence electrons. The molecule has 3 aromatic rings. The molecule has 0 spiro atoms. The van der Waals surface area contributed by atoms with Crippen LogP contribution < -0.4 is 5.43 Å². The Balaban J connectivity index is 1.85. The fourth-order valence-corrected chi connectivity index (χ4v) is 2.16. The predicted molar refractivity (Wildman–Crippen MR) is 88.6 cm³/mol. The molecular weight excluding hydrogens is 288 g/mol. The Kier molecular flexibility index (Phi) is 3.73. The lowest BCUT2D eigenvalue weighted by atomic mass is 10.2. The molecule has 1 heterocycles. The minimum atomic E-state index is -0.221. The molecule has 0 radical (unpaired) electrons. The highest BCUT2D eigenvalue weighted by atomic mass is 15.3. The topological polar surface area (TPSA) is 101 Å². The molecule has 23 heavy (non-hydrogen) atoms. The molecule has 3 rings (SSSR count). The summed E-state index contributed by atoms with van der Waals surface area (Å²) in [5, 5.41) is 21.0. The van der Waals surface area contributed by atoms with Crippen LogP contribution in [0.3, 0.4) is 0 Å². The van der Waals surface area contributed by atoms with Gasteiger partial charge in [0.15, 0.2) is 0 Å². The highest BCUT2D eigenvalue weighted by molar-refractivity contribution is 6.10. The summed E-state index contributed by atoms with van der Waals surface area (Å²) in [7, 11) is 0. The smallest absolute Gasteiger partial charge is 0.237 e. The molecular formula is C17H12N6. The number of aromatic amines is 1. The number of aryl methyl sites for hydroxylation is 1. The standard InChI is InChI=1S/C17H12N6/c1-11-2-7-15-16(8-11)21-17(20-15)12-3-5-13(6-4-12)22-23-14(9-18)10-19/h2-8,22H,1H3,(H,20,21). The second-order valence-electron chi connectivity index (χ2n) is 4.98. The largest absolute Gasteiger partial charge is 0.338 e. The number of nitriles is 2. The number of H-pyrrole nitrogens is 1. The number of anilines is 1. The monoisotopic (exact) mass is 300 g/mol. The van der Waals surface area contributed by atoms with E-state index >= 15 is 0 Å². The van der Waals surface area contributed by atoms with Gasteiger partial charge in [0, 0.05) is 5.56 Å². The van der Waals surface area contributed by atoms with Crippen LogP contribution in [0.5, 0.6) is 0 Å². The van der Waals surface area contributed by atoms with Crippen molar-refractivity contribution in [3.8, 4) is 23.5 Å². The maximum absolute atomic E-state index is 8.63. The first-order valence-electron chi connectivity index (χ1n) is 6.90. The number of aromatic nitrogens is 2. The molecule has 0 aliphatic heterocycles. The fourth-order valence-electron chi connectivity index (χ4n) is 2.16. The zero-order valence-electron chi connectivity index (χ0n) is 12.3. The van der Waals surface area contributed by atoms with E-state index in [9.17, 15) is 0 Å². The first kappa shape index (κ1) is 14.3. The number of hydrogen-bond donors (Lipinski definition) is 2. The van der Waals surface area contributed by atoms with Crippen LogP contribution in [0.1, 0.15) is 5.56 Å². The summed E-state index contributed by atoms with van der Waals surface area (Å²) in [4.78, 5) is 7.86. The van der Waals surface area contributed by atoms with Crippen molar-refractivity contribution in [2.45, 2.75) is 6.92 Å². The minimum Gasteiger partial charge on any atom is -0.338 e. The zero-order valence-corrected chi connectivity index (χ0v) is 12.3. The number of nitrogens with one attached hydrogen (secondary N) is 2. The molecule has 0 aliphatic carbocycles. The Morgan fingerprint density at radius 2 is 1.87 bits per heavy atom. The fraction of sp³-hybridized carbons (Fsp3) is 0.0588. The van der Waals surface area contributed by atoms with Gasteiger partial charge in [-0.25, -0.2) is 4.98 Å². The highest BCUT2D eigenvalue weighted by Gasteiger charge is 2.05. The van der Waals surface area contributed by atoms with Crippen LogP contribution in [0, 0.1) is 29.6 Å². The molecule has 6 heteroatoms. The van der Waals surface area contributed by atoms with Crippen LogP contribution in [-0.2, 0) is 0 Å². The van der Waals surface area contributed by atoms with E-state index in [1.54, 1.807) is 12.1 Å². The number of benzene rings is 2. The predicted octanol–water partition coefficient (Wildman–Crippen LogP) is 3.35. The average Bonchev–Trinajstić information content (AvgIpc) is 2.99. The molecule has 0 saturated heterocycles. The highest BCUT2D eigenvalue weighted by Crippen LogP contribution is 2.22. The van der Waals surface area contributed by atoms with Gasteiger partial charge in [0.05, 0.1) is 16.7 Å². The molecule has 6 nitrogen and oxygen atoms in total. The van der Waals surface area contributed by atoms with Gasteiger partial charge in [0.25, 0.3) is 0 Å². The Hall–Kier alpha value is -3.64. The molecule has 0 unspecified atom stereocenters. The van der Waals surface area contributed by atoms with E-state index < -0.39 is 0 Å². The molecule has 0 amide bonds.